The maximum absolute atomic E-state index is 14.5. The average Bonchev–Trinajstić information content (AvgIpc) is 3.29. The summed E-state index contributed by atoms with van der Waals surface area (Å²) in [5, 5.41) is 153. The van der Waals surface area contributed by atoms with Crippen LogP contribution in [0.25, 0.3) is 0 Å². The number of phenolic OH excluding ortho intramolecular Hbond substituents is 12. The highest BCUT2D eigenvalue weighted by Crippen LogP contribution is 2.49. The highest BCUT2D eigenvalue weighted by molar-refractivity contribution is 5.96. The minimum atomic E-state index is -3.04. The Hall–Kier alpha value is -9.31. The zero-order chi connectivity index (χ0) is 51.1. The highest BCUT2D eigenvalue weighted by Gasteiger charge is 2.57. The second kappa shape index (κ2) is 18.9. The molecule has 0 spiro atoms. The van der Waals surface area contributed by atoms with Crippen LogP contribution in [0.5, 0.6) is 69.0 Å². The number of hydrogen-bond acceptors (Lipinski definition) is 26. The van der Waals surface area contributed by atoms with E-state index in [9.17, 15) is 110 Å². The molecule has 366 valence electrons. The topological polar surface area (TPSA) is 478 Å². The second-order valence-electron chi connectivity index (χ2n) is 14.8. The SMILES string of the molecule is O=C(O)CC1C(=O)OC2C(COC(=O)c3cc(O)c(O)c(O)c3)OC(OC(=O)c3cc(O)c(O)c(O)c3)C(OC(=O)c3cc(O)c(O)c(O)c3C1C(O)C(=O)O)C2OC(=O)c1cc(O)c(O)c(O)c1. The van der Waals surface area contributed by atoms with Gasteiger partial charge in [0.2, 0.25) is 18.1 Å². The molecule has 2 aliphatic heterocycles. The van der Waals surface area contributed by atoms with Crippen LogP contribution in [-0.4, -0.2) is 162 Å². The molecule has 69 heavy (non-hydrogen) atoms. The van der Waals surface area contributed by atoms with Gasteiger partial charge in [-0.15, -0.1) is 0 Å². The van der Waals surface area contributed by atoms with Crippen molar-refractivity contribution in [3.8, 4) is 69.0 Å². The molecule has 0 radical (unpaired) electrons. The predicted octanol–water partition coefficient (Wildman–Crippen LogP) is -0.111. The molecule has 4 aromatic rings. The van der Waals surface area contributed by atoms with Crippen LogP contribution in [0.4, 0.5) is 0 Å². The normalized spacial score (nSPS) is 21.5. The lowest BCUT2D eigenvalue weighted by Crippen LogP contribution is -2.63. The lowest BCUT2D eigenvalue weighted by atomic mass is 9.77. The van der Waals surface area contributed by atoms with Crippen molar-refractivity contribution in [3.63, 3.8) is 0 Å². The number of phenols is 12. The van der Waals surface area contributed by atoms with E-state index in [1.807, 2.05) is 0 Å². The minimum absolute atomic E-state index is 0.268. The maximum Gasteiger partial charge on any atom is 0.340 e. The standard InChI is InChI=1S/C41H34O28/c42-15-1-10(2-16(43)26(15)51)36(59)64-9-22-32-33(67-37(60)11-3-17(44)27(52)18(45)4-11)34(41(65-22)69-38(61)12-5-19(46)28(53)20(47)6-12)68-39(62)13-7-21(48)29(54)30(55)24(13)25(31(56)35(57)58)14(8-23(49)50)40(63)66-32/h1-7,14,22,25,31-34,41-48,51-56H,8-9H2,(H,49,50)(H,57,58). The van der Waals surface area contributed by atoms with Crippen molar-refractivity contribution in [2.24, 2.45) is 5.92 Å². The Bertz CT molecular complexity index is 2730. The number of fused-ring (bicyclic) bond motifs is 3. The van der Waals surface area contributed by atoms with Crippen molar-refractivity contribution >= 4 is 41.8 Å². The van der Waals surface area contributed by atoms with Crippen molar-refractivity contribution in [3.05, 3.63) is 70.3 Å². The van der Waals surface area contributed by atoms with E-state index in [0.717, 1.165) is 0 Å². The van der Waals surface area contributed by atoms with E-state index in [0.29, 0.717) is 36.4 Å². The van der Waals surface area contributed by atoms with Gasteiger partial charge in [-0.05, 0) is 42.5 Å². The molecule has 0 aliphatic carbocycles. The predicted molar refractivity (Wildman–Crippen MR) is 211 cm³/mol. The summed E-state index contributed by atoms with van der Waals surface area (Å²) in [7, 11) is 0. The van der Waals surface area contributed by atoms with Gasteiger partial charge in [-0.1, -0.05) is 0 Å². The Morgan fingerprint density at radius 1 is 0.565 bits per heavy atom. The van der Waals surface area contributed by atoms with Gasteiger partial charge in [0.15, 0.2) is 81.6 Å². The first-order chi connectivity index (χ1) is 32.3. The minimum Gasteiger partial charge on any atom is -0.504 e. The molecule has 4 aromatic carbocycles. The Balaban J connectivity index is 1.61. The molecule has 1 saturated heterocycles. The number of aliphatic hydroxyl groups is 1. The van der Waals surface area contributed by atoms with Crippen molar-refractivity contribution < 1.29 is 139 Å². The number of carboxylic acids is 2. The average molecular weight is 975 g/mol. The zero-order valence-electron chi connectivity index (χ0n) is 34.1. The van der Waals surface area contributed by atoms with Crippen LogP contribution < -0.4 is 0 Å². The van der Waals surface area contributed by atoms with Crippen LogP contribution in [0, 0.1) is 5.92 Å². The fourth-order valence-corrected chi connectivity index (χ4v) is 7.13. The van der Waals surface area contributed by atoms with Crippen LogP contribution in [0.15, 0.2) is 42.5 Å². The molecule has 6 rings (SSSR count). The highest BCUT2D eigenvalue weighted by atomic mass is 16.7. The first-order valence-electron chi connectivity index (χ1n) is 19.1. The number of hydrogen-bond donors (Lipinski definition) is 15. The molecule has 0 aromatic heterocycles. The van der Waals surface area contributed by atoms with Crippen molar-refractivity contribution in [2.45, 2.75) is 49.1 Å². The van der Waals surface area contributed by atoms with Gasteiger partial charge in [-0.25, -0.2) is 24.0 Å². The monoisotopic (exact) mass is 974 g/mol. The number of rotatable bonds is 11. The van der Waals surface area contributed by atoms with Crippen LogP contribution >= 0.6 is 0 Å². The van der Waals surface area contributed by atoms with Gasteiger partial charge >= 0.3 is 41.8 Å². The summed E-state index contributed by atoms with van der Waals surface area (Å²) >= 11 is 0. The van der Waals surface area contributed by atoms with Crippen molar-refractivity contribution in [1.82, 2.24) is 0 Å². The smallest absolute Gasteiger partial charge is 0.340 e. The first kappa shape index (κ1) is 49.1. The summed E-state index contributed by atoms with van der Waals surface area (Å²) in [5.74, 6) is -33.1. The molecule has 15 N–H and O–H groups in total. The summed E-state index contributed by atoms with van der Waals surface area (Å²) in [5.41, 5.74) is -5.02. The number of benzene rings is 4. The lowest BCUT2D eigenvalue weighted by molar-refractivity contribution is -0.287. The van der Waals surface area contributed by atoms with Gasteiger partial charge in [-0.3, -0.25) is 9.59 Å². The summed E-state index contributed by atoms with van der Waals surface area (Å²) in [6.07, 6.45) is -17.4. The third-order valence-electron chi connectivity index (χ3n) is 10.4. The van der Waals surface area contributed by atoms with Crippen molar-refractivity contribution in [2.75, 3.05) is 6.61 Å². The number of aliphatic hydroxyl groups excluding tert-OH is 1. The lowest BCUT2D eigenvalue weighted by Gasteiger charge is -2.44. The number of aliphatic carboxylic acids is 2. The first-order valence-corrected chi connectivity index (χ1v) is 19.1. The third kappa shape index (κ3) is 9.67. The summed E-state index contributed by atoms with van der Waals surface area (Å²) < 4.78 is 33.2. The molecule has 8 atom stereocenters. The summed E-state index contributed by atoms with van der Waals surface area (Å²) in [6, 6.07) is 3.44. The van der Waals surface area contributed by atoms with Crippen molar-refractivity contribution in [1.29, 1.82) is 0 Å². The number of aromatic hydroxyl groups is 12. The van der Waals surface area contributed by atoms with Crippen LogP contribution in [0.1, 0.15) is 59.3 Å². The zero-order valence-corrected chi connectivity index (χ0v) is 34.1. The molecule has 28 nitrogen and oxygen atoms in total. The molecule has 0 amide bonds. The number of carbonyl (C=O) groups is 7. The van der Waals surface area contributed by atoms with E-state index < -0.39 is 200 Å². The molecule has 1 fully saturated rings. The van der Waals surface area contributed by atoms with E-state index in [1.54, 1.807) is 0 Å². The van der Waals surface area contributed by atoms with E-state index in [-0.39, 0.29) is 6.07 Å². The Labute approximate surface area is 381 Å². The molecule has 2 heterocycles. The Morgan fingerprint density at radius 2 is 1.01 bits per heavy atom. The second-order valence-corrected chi connectivity index (χ2v) is 14.8. The van der Waals surface area contributed by atoms with E-state index in [2.05, 4.69) is 0 Å². The molecule has 2 aliphatic rings. The summed E-state index contributed by atoms with van der Waals surface area (Å²) in [4.78, 5) is 94.7. The van der Waals surface area contributed by atoms with Crippen LogP contribution in [-0.2, 0) is 42.8 Å². The number of carboxylic acid groups (broad SMARTS) is 2. The van der Waals surface area contributed by atoms with Gasteiger partial charge in [0, 0.05) is 11.5 Å². The molecule has 0 saturated carbocycles. The molecule has 28 heteroatoms. The fourth-order valence-electron chi connectivity index (χ4n) is 7.13. The van der Waals surface area contributed by atoms with E-state index in [4.69, 9.17) is 28.4 Å². The van der Waals surface area contributed by atoms with Crippen LogP contribution in [0.3, 0.4) is 0 Å². The summed E-state index contributed by atoms with van der Waals surface area (Å²) in [6.45, 7) is -1.35. The largest absolute Gasteiger partial charge is 0.504 e. The molecular weight excluding hydrogens is 940 g/mol. The van der Waals surface area contributed by atoms with E-state index >= 15 is 0 Å². The van der Waals surface area contributed by atoms with Gasteiger partial charge < -0.3 is 105 Å². The number of carbonyl (C=O) groups excluding carboxylic acids is 5. The molecule has 8 unspecified atom stereocenters. The van der Waals surface area contributed by atoms with Gasteiger partial charge in [-0.2, -0.15) is 0 Å². The van der Waals surface area contributed by atoms with Crippen LogP contribution in [0.2, 0.25) is 0 Å². The van der Waals surface area contributed by atoms with Gasteiger partial charge in [0.25, 0.3) is 0 Å². The number of ether oxygens (including phenoxy) is 6. The van der Waals surface area contributed by atoms with Gasteiger partial charge in [0.05, 0.1) is 34.6 Å². The fraction of sp³-hybridized carbons (Fsp3) is 0.244. The van der Waals surface area contributed by atoms with Gasteiger partial charge in [0.1, 0.15) is 12.7 Å². The quantitative estimate of drug-likeness (QED) is 0.0529. The number of esters is 5. The molecular formula is C41H34O28. The Kier molecular flexibility index (Phi) is 13.4. The maximum atomic E-state index is 14.5. The van der Waals surface area contributed by atoms with E-state index in [1.165, 1.54) is 0 Å². The third-order valence-corrected chi connectivity index (χ3v) is 10.4. The molecule has 2 bridgehead atoms. The Morgan fingerprint density at radius 3 is 1.48 bits per heavy atom.